The highest BCUT2D eigenvalue weighted by Crippen LogP contribution is 2.22. The van der Waals surface area contributed by atoms with E-state index in [4.69, 9.17) is 5.26 Å². The number of ether oxygens (including phenoxy) is 1. The summed E-state index contributed by atoms with van der Waals surface area (Å²) in [4.78, 5) is 11.6. The lowest BCUT2D eigenvalue weighted by Crippen LogP contribution is -2.05. The van der Waals surface area contributed by atoms with E-state index in [-0.39, 0.29) is 5.57 Å². The van der Waals surface area contributed by atoms with Gasteiger partial charge in [-0.2, -0.15) is 5.26 Å². The second kappa shape index (κ2) is 6.35. The minimum absolute atomic E-state index is 0.000816. The van der Waals surface area contributed by atoms with Crippen LogP contribution in [0.15, 0.2) is 71.9 Å². The molecule has 0 unspecified atom stereocenters. The predicted octanol–water partition coefficient (Wildman–Crippen LogP) is 3.19. The first-order chi connectivity index (χ1) is 9.76. The molecule has 0 saturated heterocycles. The molecule has 0 heterocycles. The maximum absolute atomic E-state index is 11.6. The zero-order valence-electron chi connectivity index (χ0n) is 11.0. The Morgan fingerprint density at radius 2 is 1.85 bits per heavy atom. The van der Waals surface area contributed by atoms with Crippen LogP contribution in [0, 0.1) is 11.3 Å². The number of hydrogen-bond donors (Lipinski definition) is 0. The van der Waals surface area contributed by atoms with Crippen molar-refractivity contribution in [1.82, 2.24) is 0 Å². The molecule has 0 radical (unpaired) electrons. The Morgan fingerprint density at radius 3 is 2.50 bits per heavy atom. The predicted molar refractivity (Wildman–Crippen MR) is 77.4 cm³/mol. The SMILES string of the molecule is COC(=O)/C(C#N)=C1/C=CC=CC(c2ccccc2)=C1. The minimum atomic E-state index is -0.627. The first-order valence-electron chi connectivity index (χ1n) is 6.11. The van der Waals surface area contributed by atoms with Crippen molar-refractivity contribution < 1.29 is 9.53 Å². The van der Waals surface area contributed by atoms with Gasteiger partial charge >= 0.3 is 5.97 Å². The Kier molecular flexibility index (Phi) is 4.31. The molecule has 1 aliphatic rings. The average Bonchev–Trinajstić information content (AvgIpc) is 2.75. The number of benzene rings is 1. The zero-order valence-corrected chi connectivity index (χ0v) is 11.0. The average molecular weight is 263 g/mol. The van der Waals surface area contributed by atoms with Crippen LogP contribution in [0.1, 0.15) is 5.56 Å². The van der Waals surface area contributed by atoms with Crippen molar-refractivity contribution in [2.45, 2.75) is 0 Å². The first kappa shape index (κ1) is 13.6. The summed E-state index contributed by atoms with van der Waals surface area (Å²) in [5.74, 6) is -0.627. The van der Waals surface area contributed by atoms with Gasteiger partial charge in [-0.25, -0.2) is 4.79 Å². The van der Waals surface area contributed by atoms with E-state index in [0.29, 0.717) is 5.57 Å². The number of hydrogen-bond acceptors (Lipinski definition) is 3. The highest BCUT2D eigenvalue weighted by Gasteiger charge is 2.14. The monoisotopic (exact) mass is 263 g/mol. The van der Waals surface area contributed by atoms with Crippen molar-refractivity contribution in [1.29, 1.82) is 5.26 Å². The van der Waals surface area contributed by atoms with Gasteiger partial charge in [0.2, 0.25) is 0 Å². The number of methoxy groups -OCH3 is 1. The van der Waals surface area contributed by atoms with E-state index in [9.17, 15) is 4.79 Å². The van der Waals surface area contributed by atoms with Gasteiger partial charge in [0.15, 0.2) is 0 Å². The Hall–Kier alpha value is -2.86. The summed E-state index contributed by atoms with van der Waals surface area (Å²) < 4.78 is 4.64. The van der Waals surface area contributed by atoms with Gasteiger partial charge in [-0.15, -0.1) is 0 Å². The number of esters is 1. The molecule has 1 aliphatic carbocycles. The third-order valence-corrected chi connectivity index (χ3v) is 2.87. The van der Waals surface area contributed by atoms with Gasteiger partial charge < -0.3 is 4.74 Å². The molecule has 0 fully saturated rings. The van der Waals surface area contributed by atoms with Crippen LogP contribution < -0.4 is 0 Å². The standard InChI is InChI=1S/C17H13NO2/c1-20-17(19)16(12-18)15-10-6-5-9-14(11-15)13-7-3-2-4-8-13/h2-11H,1H3/b16-15-. The lowest BCUT2D eigenvalue weighted by atomic mass is 10.0. The van der Waals surface area contributed by atoms with Crippen LogP contribution in [0.5, 0.6) is 0 Å². The molecule has 20 heavy (non-hydrogen) atoms. The second-order valence-electron chi connectivity index (χ2n) is 4.12. The molecule has 0 N–H and O–H groups in total. The van der Waals surface area contributed by atoms with Crippen LogP contribution in [-0.4, -0.2) is 13.1 Å². The molecule has 1 aromatic carbocycles. The van der Waals surface area contributed by atoms with E-state index < -0.39 is 5.97 Å². The van der Waals surface area contributed by atoms with Crippen LogP contribution >= 0.6 is 0 Å². The fourth-order valence-corrected chi connectivity index (χ4v) is 1.88. The minimum Gasteiger partial charge on any atom is -0.465 e. The number of allylic oxidation sites excluding steroid dienone is 7. The normalized spacial score (nSPS) is 15.9. The smallest absolute Gasteiger partial charge is 0.349 e. The van der Waals surface area contributed by atoms with Gasteiger partial charge in [0.05, 0.1) is 7.11 Å². The summed E-state index contributed by atoms with van der Waals surface area (Å²) in [5.41, 5.74) is 2.50. The fourth-order valence-electron chi connectivity index (χ4n) is 1.88. The lowest BCUT2D eigenvalue weighted by Gasteiger charge is -2.04. The molecule has 98 valence electrons. The van der Waals surface area contributed by atoms with Crippen molar-refractivity contribution in [2.75, 3.05) is 7.11 Å². The van der Waals surface area contributed by atoms with Gasteiger partial charge in [0.1, 0.15) is 11.6 Å². The van der Waals surface area contributed by atoms with Crippen LogP contribution in [0.2, 0.25) is 0 Å². The fraction of sp³-hybridized carbons (Fsp3) is 0.0588. The Balaban J connectivity index is 2.53. The molecule has 0 aliphatic heterocycles. The number of carbonyl (C=O) groups excluding carboxylic acids is 1. The van der Waals surface area contributed by atoms with Gasteiger partial charge in [-0.1, -0.05) is 54.6 Å². The van der Waals surface area contributed by atoms with Crippen LogP contribution in [0.3, 0.4) is 0 Å². The zero-order chi connectivity index (χ0) is 14.4. The van der Waals surface area contributed by atoms with Crippen molar-refractivity contribution >= 4 is 11.5 Å². The Morgan fingerprint density at radius 1 is 1.15 bits per heavy atom. The molecule has 0 bridgehead atoms. The van der Waals surface area contributed by atoms with E-state index in [2.05, 4.69) is 4.74 Å². The number of carbonyl (C=O) groups is 1. The van der Waals surface area contributed by atoms with Crippen molar-refractivity contribution in [3.8, 4) is 6.07 Å². The summed E-state index contributed by atoms with van der Waals surface area (Å²) in [7, 11) is 1.26. The molecular formula is C17H13NO2. The quantitative estimate of drug-likeness (QED) is 0.468. The molecule has 3 nitrogen and oxygen atoms in total. The van der Waals surface area contributed by atoms with Crippen LogP contribution in [0.4, 0.5) is 0 Å². The summed E-state index contributed by atoms with van der Waals surface area (Å²) in [6, 6.07) is 11.7. The number of nitriles is 1. The summed E-state index contributed by atoms with van der Waals surface area (Å²) in [6.07, 6.45) is 9.14. The molecule has 0 amide bonds. The van der Waals surface area contributed by atoms with E-state index in [1.54, 1.807) is 12.2 Å². The topological polar surface area (TPSA) is 50.1 Å². The van der Waals surface area contributed by atoms with E-state index in [1.807, 2.05) is 54.6 Å². The number of rotatable bonds is 2. The van der Waals surface area contributed by atoms with E-state index >= 15 is 0 Å². The molecule has 2 rings (SSSR count). The number of nitrogens with zero attached hydrogens (tertiary/aromatic N) is 1. The maximum Gasteiger partial charge on any atom is 0.349 e. The lowest BCUT2D eigenvalue weighted by molar-refractivity contribution is -0.135. The molecule has 1 aromatic rings. The highest BCUT2D eigenvalue weighted by molar-refractivity contribution is 5.96. The van der Waals surface area contributed by atoms with Gasteiger partial charge in [0.25, 0.3) is 0 Å². The Bertz CT molecular complexity index is 671. The van der Waals surface area contributed by atoms with E-state index in [0.717, 1.165) is 11.1 Å². The van der Waals surface area contributed by atoms with Crippen LogP contribution in [0.25, 0.3) is 5.57 Å². The van der Waals surface area contributed by atoms with Crippen molar-refractivity contribution in [3.05, 3.63) is 77.4 Å². The maximum atomic E-state index is 11.6. The summed E-state index contributed by atoms with van der Waals surface area (Å²) in [6.45, 7) is 0. The summed E-state index contributed by atoms with van der Waals surface area (Å²) >= 11 is 0. The van der Waals surface area contributed by atoms with Gasteiger partial charge in [-0.3, -0.25) is 0 Å². The van der Waals surface area contributed by atoms with Crippen LogP contribution in [-0.2, 0) is 9.53 Å². The van der Waals surface area contributed by atoms with Crippen molar-refractivity contribution in [2.24, 2.45) is 0 Å². The van der Waals surface area contributed by atoms with Crippen molar-refractivity contribution in [3.63, 3.8) is 0 Å². The second-order valence-corrected chi connectivity index (χ2v) is 4.12. The van der Waals surface area contributed by atoms with E-state index in [1.165, 1.54) is 7.11 Å². The molecule has 3 heteroatoms. The molecule has 0 spiro atoms. The third kappa shape index (κ3) is 2.93. The largest absolute Gasteiger partial charge is 0.465 e. The third-order valence-electron chi connectivity index (χ3n) is 2.87. The molecular weight excluding hydrogens is 250 g/mol. The molecule has 0 aromatic heterocycles. The molecule has 0 atom stereocenters. The highest BCUT2D eigenvalue weighted by atomic mass is 16.5. The molecule has 0 saturated carbocycles. The van der Waals surface area contributed by atoms with Gasteiger partial charge in [-0.05, 0) is 17.2 Å². The first-order valence-corrected chi connectivity index (χ1v) is 6.11. The summed E-state index contributed by atoms with van der Waals surface area (Å²) in [5, 5.41) is 9.14. The Labute approximate surface area is 117 Å². The van der Waals surface area contributed by atoms with Gasteiger partial charge in [0, 0.05) is 5.57 Å².